The predicted octanol–water partition coefficient (Wildman–Crippen LogP) is 3.20. The van der Waals surface area contributed by atoms with Gasteiger partial charge in [0.2, 0.25) is 0 Å². The first-order chi connectivity index (χ1) is 9.73. The van der Waals surface area contributed by atoms with Gasteiger partial charge < -0.3 is 10.1 Å². The van der Waals surface area contributed by atoms with Crippen molar-refractivity contribution in [2.24, 2.45) is 0 Å². The van der Waals surface area contributed by atoms with E-state index in [0.29, 0.717) is 0 Å². The molecule has 0 aromatic carbocycles. The maximum Gasteiger partial charge on any atom is 0.162 e. The molecular weight excluding hydrogens is 250 g/mol. The molecule has 0 amide bonds. The molecule has 4 heteroatoms. The van der Waals surface area contributed by atoms with Crippen LogP contribution in [0.3, 0.4) is 0 Å². The summed E-state index contributed by atoms with van der Waals surface area (Å²) >= 11 is 0. The smallest absolute Gasteiger partial charge is 0.162 e. The van der Waals surface area contributed by atoms with Crippen molar-refractivity contribution >= 4 is 5.82 Å². The summed E-state index contributed by atoms with van der Waals surface area (Å²) in [6.07, 6.45) is 8.11. The van der Waals surface area contributed by atoms with Crippen LogP contribution in [0.25, 0.3) is 0 Å². The largest absolute Gasteiger partial charge is 0.370 e. The Hall–Kier alpha value is -1.16. The van der Waals surface area contributed by atoms with Crippen molar-refractivity contribution in [2.45, 2.75) is 64.4 Å². The van der Waals surface area contributed by atoms with Gasteiger partial charge in [-0.3, -0.25) is 0 Å². The van der Waals surface area contributed by atoms with E-state index in [-0.39, 0.29) is 5.60 Å². The van der Waals surface area contributed by atoms with Crippen LogP contribution >= 0.6 is 0 Å². The van der Waals surface area contributed by atoms with E-state index in [2.05, 4.69) is 19.2 Å². The van der Waals surface area contributed by atoms with Crippen molar-refractivity contribution < 1.29 is 4.74 Å². The molecule has 1 aliphatic heterocycles. The number of rotatable bonds is 3. The number of nitrogens with zero attached hydrogens (tertiary/aromatic N) is 2. The first-order valence-corrected chi connectivity index (χ1v) is 8.01. The van der Waals surface area contributed by atoms with Crippen LogP contribution in [0, 0.1) is 0 Å². The van der Waals surface area contributed by atoms with Crippen LogP contribution in [-0.2, 0) is 23.2 Å². The quantitative estimate of drug-likeness (QED) is 0.861. The third-order valence-electron chi connectivity index (χ3n) is 4.47. The lowest BCUT2D eigenvalue weighted by Gasteiger charge is -2.24. The summed E-state index contributed by atoms with van der Waals surface area (Å²) in [5.41, 5.74) is 2.31. The molecule has 110 valence electrons. The summed E-state index contributed by atoms with van der Waals surface area (Å²) in [6.45, 7) is 5.99. The fourth-order valence-corrected chi connectivity index (χ4v) is 3.28. The van der Waals surface area contributed by atoms with Crippen molar-refractivity contribution in [2.75, 3.05) is 18.5 Å². The van der Waals surface area contributed by atoms with Gasteiger partial charge >= 0.3 is 0 Å². The fraction of sp³-hybridized carbons (Fsp3) is 0.750. The molecule has 2 aliphatic rings. The third kappa shape index (κ3) is 2.53. The second-order valence-corrected chi connectivity index (χ2v) is 6.09. The Morgan fingerprint density at radius 2 is 2.00 bits per heavy atom. The molecule has 1 N–H and O–H groups in total. The Morgan fingerprint density at radius 1 is 1.15 bits per heavy atom. The summed E-state index contributed by atoms with van der Waals surface area (Å²) in [6, 6.07) is 0. The van der Waals surface area contributed by atoms with Gasteiger partial charge in [0.05, 0.1) is 0 Å². The summed E-state index contributed by atoms with van der Waals surface area (Å²) in [5, 5.41) is 3.44. The number of hydrogen-bond acceptors (Lipinski definition) is 4. The summed E-state index contributed by atoms with van der Waals surface area (Å²) in [7, 11) is 0. The Labute approximate surface area is 121 Å². The van der Waals surface area contributed by atoms with Gasteiger partial charge in [-0.15, -0.1) is 0 Å². The van der Waals surface area contributed by atoms with Gasteiger partial charge in [-0.2, -0.15) is 0 Å². The number of fused-ring (bicyclic) bond motifs is 1. The Balaban J connectivity index is 2.03. The first kappa shape index (κ1) is 13.8. The van der Waals surface area contributed by atoms with E-state index in [9.17, 15) is 0 Å². The SMILES string of the molecule is CCNc1nc(C2(C)CCCO2)nc2c1CCCCC2. The van der Waals surface area contributed by atoms with E-state index in [4.69, 9.17) is 14.7 Å². The summed E-state index contributed by atoms with van der Waals surface area (Å²) in [4.78, 5) is 9.72. The number of ether oxygens (including phenoxy) is 1. The van der Waals surface area contributed by atoms with Gasteiger partial charge in [0.15, 0.2) is 5.82 Å². The summed E-state index contributed by atoms with van der Waals surface area (Å²) < 4.78 is 5.93. The Bertz CT molecular complexity index is 481. The molecule has 20 heavy (non-hydrogen) atoms. The van der Waals surface area contributed by atoms with Crippen LogP contribution in [-0.4, -0.2) is 23.1 Å². The molecule has 2 heterocycles. The van der Waals surface area contributed by atoms with E-state index in [1.165, 1.54) is 30.5 Å². The molecule has 1 aliphatic carbocycles. The predicted molar refractivity (Wildman–Crippen MR) is 80.0 cm³/mol. The van der Waals surface area contributed by atoms with Gasteiger partial charge in [0.25, 0.3) is 0 Å². The highest BCUT2D eigenvalue weighted by atomic mass is 16.5. The zero-order valence-electron chi connectivity index (χ0n) is 12.7. The summed E-state index contributed by atoms with van der Waals surface area (Å²) in [5.74, 6) is 1.93. The molecule has 1 aromatic rings. The third-order valence-corrected chi connectivity index (χ3v) is 4.47. The number of aromatic nitrogens is 2. The highest BCUT2D eigenvalue weighted by molar-refractivity contribution is 5.48. The van der Waals surface area contributed by atoms with Crippen molar-refractivity contribution in [3.05, 3.63) is 17.1 Å². The zero-order chi connectivity index (χ0) is 14.0. The van der Waals surface area contributed by atoms with Crippen LogP contribution in [0.15, 0.2) is 0 Å². The number of hydrogen-bond donors (Lipinski definition) is 1. The highest BCUT2D eigenvalue weighted by Gasteiger charge is 2.36. The van der Waals surface area contributed by atoms with Crippen LogP contribution in [0.4, 0.5) is 5.82 Å². The molecule has 0 saturated carbocycles. The monoisotopic (exact) mass is 275 g/mol. The molecule has 0 radical (unpaired) electrons. The number of nitrogens with one attached hydrogen (secondary N) is 1. The number of anilines is 1. The maximum absolute atomic E-state index is 5.93. The Morgan fingerprint density at radius 3 is 2.75 bits per heavy atom. The minimum Gasteiger partial charge on any atom is -0.370 e. The van der Waals surface area contributed by atoms with E-state index in [1.54, 1.807) is 0 Å². The molecule has 0 bridgehead atoms. The van der Waals surface area contributed by atoms with Crippen molar-refractivity contribution in [1.82, 2.24) is 9.97 Å². The molecule has 1 atom stereocenters. The molecule has 4 nitrogen and oxygen atoms in total. The normalized spacial score (nSPS) is 26.1. The average Bonchev–Trinajstić information content (AvgIpc) is 2.75. The van der Waals surface area contributed by atoms with Gasteiger partial charge in [0, 0.05) is 24.4 Å². The Kier molecular flexibility index (Phi) is 3.92. The fourth-order valence-electron chi connectivity index (χ4n) is 3.28. The van der Waals surface area contributed by atoms with Crippen LogP contribution in [0.1, 0.15) is 63.0 Å². The second kappa shape index (κ2) is 5.68. The first-order valence-electron chi connectivity index (χ1n) is 8.01. The van der Waals surface area contributed by atoms with E-state index < -0.39 is 0 Å². The van der Waals surface area contributed by atoms with Gasteiger partial charge in [-0.05, 0) is 52.4 Å². The van der Waals surface area contributed by atoms with Gasteiger partial charge in [-0.25, -0.2) is 9.97 Å². The lowest BCUT2D eigenvalue weighted by molar-refractivity contribution is 0.00923. The van der Waals surface area contributed by atoms with E-state index in [0.717, 1.165) is 50.5 Å². The maximum atomic E-state index is 5.93. The van der Waals surface area contributed by atoms with Crippen LogP contribution in [0.5, 0.6) is 0 Å². The topological polar surface area (TPSA) is 47.0 Å². The number of aryl methyl sites for hydroxylation is 1. The van der Waals surface area contributed by atoms with E-state index >= 15 is 0 Å². The second-order valence-electron chi connectivity index (χ2n) is 6.09. The lowest BCUT2D eigenvalue weighted by atomic mass is 10.0. The molecule has 1 unspecified atom stereocenters. The molecule has 0 spiro atoms. The zero-order valence-corrected chi connectivity index (χ0v) is 12.7. The van der Waals surface area contributed by atoms with Gasteiger partial charge in [0.1, 0.15) is 11.4 Å². The molecule has 3 rings (SSSR count). The van der Waals surface area contributed by atoms with E-state index in [1.807, 2.05) is 0 Å². The molecule has 1 saturated heterocycles. The van der Waals surface area contributed by atoms with Crippen LogP contribution in [0.2, 0.25) is 0 Å². The molecular formula is C16H25N3O. The van der Waals surface area contributed by atoms with Crippen molar-refractivity contribution in [1.29, 1.82) is 0 Å². The van der Waals surface area contributed by atoms with Crippen LogP contribution < -0.4 is 5.32 Å². The van der Waals surface area contributed by atoms with Crippen molar-refractivity contribution in [3.63, 3.8) is 0 Å². The minimum absolute atomic E-state index is 0.286. The molecule has 1 aromatic heterocycles. The molecule has 1 fully saturated rings. The highest BCUT2D eigenvalue weighted by Crippen LogP contribution is 2.35. The van der Waals surface area contributed by atoms with Crippen molar-refractivity contribution in [3.8, 4) is 0 Å². The average molecular weight is 275 g/mol. The van der Waals surface area contributed by atoms with Gasteiger partial charge in [-0.1, -0.05) is 6.42 Å². The minimum atomic E-state index is -0.286. The standard InChI is InChI=1S/C16H25N3O/c1-3-17-14-12-8-5-4-6-9-13(12)18-15(19-14)16(2)10-7-11-20-16/h3-11H2,1-2H3,(H,17,18,19). The lowest BCUT2D eigenvalue weighted by Crippen LogP contribution is -2.25.